The third-order valence-electron chi connectivity index (χ3n) is 3.60. The SMILES string of the molecule is NC(C(=O)N1CC(F)(F)C1)C1CCCCC1. The van der Waals surface area contributed by atoms with E-state index in [1.165, 1.54) is 11.3 Å². The van der Waals surface area contributed by atoms with Gasteiger partial charge in [0.05, 0.1) is 19.1 Å². The first-order valence-electron chi connectivity index (χ1n) is 5.92. The van der Waals surface area contributed by atoms with E-state index in [9.17, 15) is 13.6 Å². The van der Waals surface area contributed by atoms with E-state index in [4.69, 9.17) is 5.73 Å². The van der Waals surface area contributed by atoms with Crippen molar-refractivity contribution in [3.05, 3.63) is 0 Å². The van der Waals surface area contributed by atoms with E-state index in [1.54, 1.807) is 0 Å². The van der Waals surface area contributed by atoms with Crippen LogP contribution in [0.4, 0.5) is 8.78 Å². The standard InChI is InChI=1S/C11H18F2N2O/c12-11(13)6-15(7-11)10(16)9(14)8-4-2-1-3-5-8/h8-9H,1-7,14H2. The molecular weight excluding hydrogens is 214 g/mol. The molecule has 2 aliphatic rings. The van der Waals surface area contributed by atoms with Crippen LogP contribution in [0.25, 0.3) is 0 Å². The Labute approximate surface area is 94.0 Å². The molecule has 2 rings (SSSR count). The van der Waals surface area contributed by atoms with Crippen molar-refractivity contribution in [2.45, 2.75) is 44.1 Å². The Morgan fingerprint density at radius 2 is 1.81 bits per heavy atom. The van der Waals surface area contributed by atoms with Gasteiger partial charge in [0.1, 0.15) is 0 Å². The van der Waals surface area contributed by atoms with Crippen LogP contribution in [-0.4, -0.2) is 35.9 Å². The van der Waals surface area contributed by atoms with Crippen LogP contribution in [-0.2, 0) is 4.79 Å². The highest BCUT2D eigenvalue weighted by atomic mass is 19.3. The van der Waals surface area contributed by atoms with Gasteiger partial charge in [-0.25, -0.2) is 8.78 Å². The minimum absolute atomic E-state index is 0.190. The zero-order valence-electron chi connectivity index (χ0n) is 9.29. The normalized spacial score (nSPS) is 27.3. The van der Waals surface area contributed by atoms with E-state index in [0.717, 1.165) is 25.7 Å². The number of carbonyl (C=O) groups is 1. The van der Waals surface area contributed by atoms with Crippen LogP contribution in [0.1, 0.15) is 32.1 Å². The number of rotatable bonds is 2. The summed E-state index contributed by atoms with van der Waals surface area (Å²) in [6.45, 7) is -0.904. The van der Waals surface area contributed by atoms with Gasteiger partial charge in [-0.1, -0.05) is 19.3 Å². The number of halogens is 2. The van der Waals surface area contributed by atoms with Crippen LogP contribution in [0.15, 0.2) is 0 Å². The average molecular weight is 232 g/mol. The van der Waals surface area contributed by atoms with Crippen molar-refractivity contribution in [1.82, 2.24) is 4.90 Å². The topological polar surface area (TPSA) is 46.3 Å². The molecule has 2 N–H and O–H groups in total. The van der Waals surface area contributed by atoms with E-state index in [1.807, 2.05) is 0 Å². The molecule has 1 aliphatic heterocycles. The Kier molecular flexibility index (Phi) is 3.15. The molecule has 1 saturated heterocycles. The highest BCUT2D eigenvalue weighted by Gasteiger charge is 2.47. The maximum atomic E-state index is 12.6. The van der Waals surface area contributed by atoms with Gasteiger partial charge >= 0.3 is 0 Å². The maximum absolute atomic E-state index is 12.6. The van der Waals surface area contributed by atoms with E-state index in [0.29, 0.717) is 0 Å². The number of hydrogen-bond donors (Lipinski definition) is 1. The number of alkyl halides is 2. The van der Waals surface area contributed by atoms with Crippen LogP contribution in [0.5, 0.6) is 0 Å². The Hall–Kier alpha value is -0.710. The van der Waals surface area contributed by atoms with E-state index in [-0.39, 0.29) is 11.8 Å². The predicted molar refractivity (Wildman–Crippen MR) is 56.1 cm³/mol. The van der Waals surface area contributed by atoms with Crippen molar-refractivity contribution in [2.75, 3.05) is 13.1 Å². The first kappa shape index (κ1) is 11.8. The first-order valence-corrected chi connectivity index (χ1v) is 5.92. The molecule has 3 nitrogen and oxygen atoms in total. The Bertz CT molecular complexity index is 269. The summed E-state index contributed by atoms with van der Waals surface area (Å²) in [5.74, 6) is -2.80. The van der Waals surface area contributed by atoms with Crippen molar-refractivity contribution in [2.24, 2.45) is 11.7 Å². The minimum Gasteiger partial charge on any atom is -0.329 e. The molecule has 5 heteroatoms. The van der Waals surface area contributed by atoms with Gasteiger partial charge < -0.3 is 10.6 Å². The fraction of sp³-hybridized carbons (Fsp3) is 0.909. The van der Waals surface area contributed by atoms with Gasteiger partial charge in [0.2, 0.25) is 5.91 Å². The van der Waals surface area contributed by atoms with Gasteiger partial charge in [-0.15, -0.1) is 0 Å². The van der Waals surface area contributed by atoms with Crippen molar-refractivity contribution < 1.29 is 13.6 Å². The smallest absolute Gasteiger partial charge is 0.282 e. The highest BCUT2D eigenvalue weighted by molar-refractivity contribution is 5.83. The van der Waals surface area contributed by atoms with Crippen LogP contribution in [0.3, 0.4) is 0 Å². The summed E-state index contributed by atoms with van der Waals surface area (Å²) in [5.41, 5.74) is 5.85. The van der Waals surface area contributed by atoms with Gasteiger partial charge in [-0.05, 0) is 18.8 Å². The lowest BCUT2D eigenvalue weighted by atomic mass is 9.83. The number of amides is 1. The van der Waals surface area contributed by atoms with E-state index >= 15 is 0 Å². The van der Waals surface area contributed by atoms with Gasteiger partial charge in [0.15, 0.2) is 0 Å². The molecule has 1 amide bonds. The van der Waals surface area contributed by atoms with Crippen LogP contribution in [0, 0.1) is 5.92 Å². The Morgan fingerprint density at radius 3 is 2.31 bits per heavy atom. The molecule has 2 fully saturated rings. The highest BCUT2D eigenvalue weighted by Crippen LogP contribution is 2.30. The molecule has 0 bridgehead atoms. The zero-order chi connectivity index (χ0) is 11.8. The number of nitrogens with zero attached hydrogens (tertiary/aromatic N) is 1. The molecule has 1 saturated carbocycles. The summed E-state index contributed by atoms with van der Waals surface area (Å²) in [6, 6.07) is -0.573. The third kappa shape index (κ3) is 2.34. The van der Waals surface area contributed by atoms with Gasteiger partial charge in [-0.2, -0.15) is 0 Å². The lowest BCUT2D eigenvalue weighted by Gasteiger charge is -2.41. The van der Waals surface area contributed by atoms with E-state index < -0.39 is 25.1 Å². The number of likely N-dealkylation sites (tertiary alicyclic amines) is 1. The second-order valence-electron chi connectivity index (χ2n) is 4.97. The van der Waals surface area contributed by atoms with Crippen LogP contribution >= 0.6 is 0 Å². The van der Waals surface area contributed by atoms with Crippen molar-refractivity contribution in [1.29, 1.82) is 0 Å². The fourth-order valence-corrected chi connectivity index (χ4v) is 2.57. The molecule has 0 spiro atoms. The van der Waals surface area contributed by atoms with Crippen molar-refractivity contribution in [3.63, 3.8) is 0 Å². The summed E-state index contributed by atoms with van der Waals surface area (Å²) >= 11 is 0. The molecule has 1 heterocycles. The molecule has 1 aliphatic carbocycles. The lowest BCUT2D eigenvalue weighted by molar-refractivity contribution is -0.168. The van der Waals surface area contributed by atoms with Gasteiger partial charge in [0.25, 0.3) is 5.92 Å². The van der Waals surface area contributed by atoms with Gasteiger partial charge in [0, 0.05) is 0 Å². The first-order chi connectivity index (χ1) is 7.49. The minimum atomic E-state index is -2.69. The number of nitrogens with two attached hydrogens (primary N) is 1. The molecule has 0 aromatic heterocycles. The monoisotopic (exact) mass is 232 g/mol. The lowest BCUT2D eigenvalue weighted by Crippen LogP contribution is -2.62. The second kappa shape index (κ2) is 4.28. The maximum Gasteiger partial charge on any atom is 0.282 e. The van der Waals surface area contributed by atoms with Gasteiger partial charge in [-0.3, -0.25) is 4.79 Å². The Morgan fingerprint density at radius 1 is 1.25 bits per heavy atom. The molecule has 92 valence electrons. The van der Waals surface area contributed by atoms with Crippen LogP contribution in [0.2, 0.25) is 0 Å². The molecule has 1 unspecified atom stereocenters. The Balaban J connectivity index is 1.85. The summed E-state index contributed by atoms with van der Waals surface area (Å²) < 4.78 is 25.2. The van der Waals surface area contributed by atoms with Crippen molar-refractivity contribution in [3.8, 4) is 0 Å². The molecule has 0 aromatic rings. The average Bonchev–Trinajstić information content (AvgIpc) is 2.25. The van der Waals surface area contributed by atoms with E-state index in [2.05, 4.69) is 0 Å². The second-order valence-corrected chi connectivity index (χ2v) is 4.97. The summed E-state index contributed by atoms with van der Waals surface area (Å²) in [6.07, 6.45) is 5.30. The molecule has 0 radical (unpaired) electrons. The summed E-state index contributed by atoms with van der Waals surface area (Å²) in [4.78, 5) is 13.0. The molecule has 16 heavy (non-hydrogen) atoms. The largest absolute Gasteiger partial charge is 0.329 e. The zero-order valence-corrected chi connectivity index (χ0v) is 9.29. The number of carbonyl (C=O) groups excluding carboxylic acids is 1. The molecule has 1 atom stereocenters. The third-order valence-corrected chi connectivity index (χ3v) is 3.60. The quantitative estimate of drug-likeness (QED) is 0.781. The molecule has 0 aromatic carbocycles. The number of hydrogen-bond acceptors (Lipinski definition) is 2. The summed E-state index contributed by atoms with van der Waals surface area (Å²) in [5, 5.41) is 0. The van der Waals surface area contributed by atoms with Crippen LogP contribution < -0.4 is 5.73 Å². The predicted octanol–water partition coefficient (Wildman–Crippen LogP) is 1.37. The van der Waals surface area contributed by atoms with Crippen molar-refractivity contribution >= 4 is 5.91 Å². The molecular formula is C11H18F2N2O. The fourth-order valence-electron chi connectivity index (χ4n) is 2.57. The summed E-state index contributed by atoms with van der Waals surface area (Å²) in [7, 11) is 0.